The van der Waals surface area contributed by atoms with Gasteiger partial charge in [-0.15, -0.1) is 0 Å². The number of benzene rings is 3. The van der Waals surface area contributed by atoms with Crippen molar-refractivity contribution in [3.63, 3.8) is 0 Å². The maximum atomic E-state index is 14.7. The summed E-state index contributed by atoms with van der Waals surface area (Å²) in [6, 6.07) is 14.2. The third kappa shape index (κ3) is 4.03. The zero-order valence-electron chi connectivity index (χ0n) is 19.3. The number of halogens is 1. The second-order valence-electron chi connectivity index (χ2n) is 8.62. The second kappa shape index (κ2) is 8.39. The lowest BCUT2D eigenvalue weighted by molar-refractivity contribution is 0.0698. The smallest absolute Gasteiger partial charge is 0.337 e. The van der Waals surface area contributed by atoms with Gasteiger partial charge in [-0.2, -0.15) is 5.10 Å². The van der Waals surface area contributed by atoms with Crippen molar-refractivity contribution in [3.8, 4) is 11.3 Å². The standard InChI is InChI=1S/C27H22FN3O4/c1-14-8-19(15(2)29-22-7-5-4-6-18(22)27(33)34)26-20(9-14)23(32)12-24(35-26)16-10-17-13-31(3)30-25(17)21(28)11-16/h4-13,15,29H,1-3H3,(H,33,34). The van der Waals surface area contributed by atoms with Crippen LogP contribution < -0.4 is 10.7 Å². The van der Waals surface area contributed by atoms with E-state index in [1.54, 1.807) is 43.6 Å². The van der Waals surface area contributed by atoms with Crippen LogP contribution in [0.5, 0.6) is 0 Å². The Morgan fingerprint density at radius 2 is 1.94 bits per heavy atom. The molecule has 0 amide bonds. The molecule has 35 heavy (non-hydrogen) atoms. The number of fused-ring (bicyclic) bond motifs is 2. The lowest BCUT2D eigenvalue weighted by Gasteiger charge is -2.19. The van der Waals surface area contributed by atoms with Crippen LogP contribution in [0.25, 0.3) is 33.2 Å². The highest BCUT2D eigenvalue weighted by molar-refractivity contribution is 5.94. The zero-order valence-corrected chi connectivity index (χ0v) is 19.3. The van der Waals surface area contributed by atoms with E-state index in [0.717, 1.165) is 5.56 Å². The van der Waals surface area contributed by atoms with E-state index in [4.69, 9.17) is 4.42 Å². The minimum Gasteiger partial charge on any atom is -0.478 e. The van der Waals surface area contributed by atoms with Gasteiger partial charge < -0.3 is 14.8 Å². The number of aromatic nitrogens is 2. The molecule has 8 heteroatoms. The van der Waals surface area contributed by atoms with Crippen molar-refractivity contribution in [2.45, 2.75) is 19.9 Å². The molecule has 0 aliphatic heterocycles. The van der Waals surface area contributed by atoms with Crippen molar-refractivity contribution in [2.24, 2.45) is 7.05 Å². The number of para-hydroxylation sites is 1. The number of aromatic carboxylic acids is 1. The van der Waals surface area contributed by atoms with Crippen LogP contribution in [-0.4, -0.2) is 20.9 Å². The molecule has 0 radical (unpaired) electrons. The van der Waals surface area contributed by atoms with Crippen LogP contribution >= 0.6 is 0 Å². The largest absolute Gasteiger partial charge is 0.478 e. The summed E-state index contributed by atoms with van der Waals surface area (Å²) in [5.74, 6) is -1.32. The van der Waals surface area contributed by atoms with Crippen LogP contribution in [-0.2, 0) is 7.05 Å². The molecule has 176 valence electrons. The molecule has 0 bridgehead atoms. The molecular weight excluding hydrogens is 449 g/mol. The van der Waals surface area contributed by atoms with Gasteiger partial charge in [0.05, 0.1) is 17.0 Å². The molecule has 2 N–H and O–H groups in total. The molecule has 2 heterocycles. The van der Waals surface area contributed by atoms with Gasteiger partial charge in [-0.25, -0.2) is 9.18 Å². The predicted octanol–water partition coefficient (Wildman–Crippen LogP) is 5.67. The molecule has 5 rings (SSSR count). The Labute approximate surface area is 199 Å². The van der Waals surface area contributed by atoms with Crippen LogP contribution in [0.4, 0.5) is 10.1 Å². The number of rotatable bonds is 5. The molecular formula is C27H22FN3O4. The Morgan fingerprint density at radius 1 is 1.17 bits per heavy atom. The summed E-state index contributed by atoms with van der Waals surface area (Å²) >= 11 is 0. The van der Waals surface area contributed by atoms with E-state index in [1.807, 2.05) is 19.9 Å². The van der Waals surface area contributed by atoms with Gasteiger partial charge in [0.1, 0.15) is 16.9 Å². The van der Waals surface area contributed by atoms with Crippen LogP contribution in [0.3, 0.4) is 0 Å². The number of nitrogens with one attached hydrogen (secondary N) is 1. The number of hydrogen-bond donors (Lipinski definition) is 2. The van der Waals surface area contributed by atoms with Gasteiger partial charge in [0.15, 0.2) is 11.2 Å². The summed E-state index contributed by atoms with van der Waals surface area (Å²) in [6.45, 7) is 3.74. The average Bonchev–Trinajstić information content (AvgIpc) is 3.20. The fraction of sp³-hybridized carbons (Fsp3) is 0.148. The first-order chi connectivity index (χ1) is 16.7. The van der Waals surface area contributed by atoms with Crippen LogP contribution in [0.1, 0.15) is 34.5 Å². The van der Waals surface area contributed by atoms with E-state index in [2.05, 4.69) is 10.4 Å². The van der Waals surface area contributed by atoms with E-state index in [1.165, 1.54) is 22.9 Å². The monoisotopic (exact) mass is 471 g/mol. The fourth-order valence-corrected chi connectivity index (χ4v) is 4.36. The average molecular weight is 471 g/mol. The van der Waals surface area contributed by atoms with E-state index in [9.17, 15) is 19.1 Å². The number of aryl methyl sites for hydroxylation is 2. The Morgan fingerprint density at radius 3 is 2.71 bits per heavy atom. The van der Waals surface area contributed by atoms with Crippen molar-refractivity contribution in [2.75, 3.05) is 5.32 Å². The quantitative estimate of drug-likeness (QED) is 0.343. The predicted molar refractivity (Wildman–Crippen MR) is 132 cm³/mol. The highest BCUT2D eigenvalue weighted by Gasteiger charge is 2.19. The van der Waals surface area contributed by atoms with Crippen molar-refractivity contribution in [1.29, 1.82) is 0 Å². The Hall–Kier alpha value is -4.46. The number of carboxylic acids is 1. The van der Waals surface area contributed by atoms with E-state index in [0.29, 0.717) is 33.2 Å². The summed E-state index contributed by atoms with van der Waals surface area (Å²) in [5, 5.41) is 17.9. The fourth-order valence-electron chi connectivity index (χ4n) is 4.36. The highest BCUT2D eigenvalue weighted by Crippen LogP contribution is 2.32. The highest BCUT2D eigenvalue weighted by atomic mass is 19.1. The molecule has 0 saturated carbocycles. The van der Waals surface area contributed by atoms with Gasteiger partial charge in [0.2, 0.25) is 0 Å². The van der Waals surface area contributed by atoms with Gasteiger partial charge >= 0.3 is 5.97 Å². The van der Waals surface area contributed by atoms with Gasteiger partial charge in [0.25, 0.3) is 0 Å². The van der Waals surface area contributed by atoms with Crippen molar-refractivity contribution in [1.82, 2.24) is 9.78 Å². The van der Waals surface area contributed by atoms with Crippen LogP contribution in [0.2, 0.25) is 0 Å². The minimum atomic E-state index is -1.05. The first-order valence-electron chi connectivity index (χ1n) is 11.0. The Bertz CT molecular complexity index is 1690. The van der Waals surface area contributed by atoms with Crippen LogP contribution in [0.15, 0.2) is 70.0 Å². The third-order valence-electron chi connectivity index (χ3n) is 5.96. The van der Waals surface area contributed by atoms with Crippen molar-refractivity contribution < 1.29 is 18.7 Å². The number of hydrogen-bond acceptors (Lipinski definition) is 5. The third-order valence-corrected chi connectivity index (χ3v) is 5.96. The maximum Gasteiger partial charge on any atom is 0.337 e. The zero-order chi connectivity index (χ0) is 24.9. The lowest BCUT2D eigenvalue weighted by Crippen LogP contribution is -2.12. The molecule has 5 aromatic rings. The van der Waals surface area contributed by atoms with Gasteiger partial charge in [-0.1, -0.05) is 18.2 Å². The Kier molecular flexibility index (Phi) is 5.36. The number of carboxylic acid groups (broad SMARTS) is 1. The molecule has 0 fully saturated rings. The van der Waals surface area contributed by atoms with Crippen molar-refractivity contribution in [3.05, 3.63) is 93.5 Å². The van der Waals surface area contributed by atoms with Gasteiger partial charge in [-0.05, 0) is 49.7 Å². The number of carbonyl (C=O) groups is 1. The molecule has 1 unspecified atom stereocenters. The Balaban J connectivity index is 1.66. The van der Waals surface area contributed by atoms with Gasteiger partial charge in [-0.3, -0.25) is 9.48 Å². The summed E-state index contributed by atoms with van der Waals surface area (Å²) < 4.78 is 22.4. The molecule has 1 atom stereocenters. The molecule has 2 aromatic heterocycles. The molecule has 0 aliphatic carbocycles. The second-order valence-corrected chi connectivity index (χ2v) is 8.62. The number of anilines is 1. The number of nitrogens with zero attached hydrogens (tertiary/aromatic N) is 2. The summed E-state index contributed by atoms with van der Waals surface area (Å²) in [4.78, 5) is 24.7. The first-order valence-corrected chi connectivity index (χ1v) is 11.0. The first kappa shape index (κ1) is 22.3. The lowest BCUT2D eigenvalue weighted by atomic mass is 10.00. The molecule has 0 aliphatic rings. The van der Waals surface area contributed by atoms with Crippen molar-refractivity contribution >= 4 is 33.5 Å². The minimum absolute atomic E-state index is 0.138. The topological polar surface area (TPSA) is 97.4 Å². The SMILES string of the molecule is Cc1cc(C(C)Nc2ccccc2C(=O)O)c2oc(-c3cc(F)c4nn(C)cc4c3)cc(=O)c2c1. The normalized spacial score (nSPS) is 12.2. The molecule has 0 spiro atoms. The summed E-state index contributed by atoms with van der Waals surface area (Å²) in [7, 11) is 1.71. The molecule has 0 saturated heterocycles. The maximum absolute atomic E-state index is 14.7. The van der Waals surface area contributed by atoms with Gasteiger partial charge in [0, 0.05) is 41.5 Å². The van der Waals surface area contributed by atoms with Crippen LogP contribution in [0, 0.1) is 12.7 Å². The van der Waals surface area contributed by atoms with E-state index >= 15 is 0 Å². The molecule has 7 nitrogen and oxygen atoms in total. The molecule has 3 aromatic carbocycles. The van der Waals surface area contributed by atoms with E-state index in [-0.39, 0.29) is 22.3 Å². The summed E-state index contributed by atoms with van der Waals surface area (Å²) in [5.41, 5.74) is 2.89. The summed E-state index contributed by atoms with van der Waals surface area (Å²) in [6.07, 6.45) is 1.70. The van der Waals surface area contributed by atoms with E-state index < -0.39 is 17.8 Å².